The van der Waals surface area contributed by atoms with Gasteiger partial charge < -0.3 is 4.79 Å². The summed E-state index contributed by atoms with van der Waals surface area (Å²) in [6, 6.07) is 0. The van der Waals surface area contributed by atoms with Crippen LogP contribution >= 0.6 is 0 Å². The Morgan fingerprint density at radius 2 is 2.15 bits per heavy atom. The van der Waals surface area contributed by atoms with Gasteiger partial charge in [0.15, 0.2) is 0 Å². The van der Waals surface area contributed by atoms with E-state index in [9.17, 15) is 4.79 Å². The third-order valence-corrected chi connectivity index (χ3v) is 3.19. The van der Waals surface area contributed by atoms with E-state index in [4.69, 9.17) is 0 Å². The Hall–Kier alpha value is -0.330. The third kappa shape index (κ3) is 4.44. The highest BCUT2D eigenvalue weighted by molar-refractivity contribution is 5.75. The number of hydrogen-bond donors (Lipinski definition) is 0. The van der Waals surface area contributed by atoms with Crippen LogP contribution < -0.4 is 0 Å². The molecule has 0 aromatic rings. The Balaban J connectivity index is 2.10. The molecule has 2 atom stereocenters. The van der Waals surface area contributed by atoms with E-state index in [2.05, 4.69) is 6.92 Å². The average Bonchev–Trinajstić information content (AvgIpc) is 2.03. The maximum atomic E-state index is 10.7. The van der Waals surface area contributed by atoms with Crippen molar-refractivity contribution >= 4 is 5.78 Å². The smallest absolute Gasteiger partial charge is 0.129 e. The molecule has 1 heteroatoms. The highest BCUT2D eigenvalue weighted by Gasteiger charge is 2.18. The monoisotopic (exact) mass is 182 g/mol. The summed E-state index contributed by atoms with van der Waals surface area (Å²) in [4.78, 5) is 10.7. The topological polar surface area (TPSA) is 17.1 Å². The number of rotatable bonds is 4. The SMILES string of the molecule is CC(=O)CCCC1CCCC(C)C1. The quantitative estimate of drug-likeness (QED) is 0.649. The molecule has 0 aliphatic heterocycles. The van der Waals surface area contributed by atoms with Crippen molar-refractivity contribution in [1.29, 1.82) is 0 Å². The molecule has 1 aliphatic rings. The van der Waals surface area contributed by atoms with Gasteiger partial charge in [-0.3, -0.25) is 0 Å². The predicted octanol–water partition coefficient (Wildman–Crippen LogP) is 3.57. The van der Waals surface area contributed by atoms with Gasteiger partial charge in [0.1, 0.15) is 5.78 Å². The molecule has 0 bridgehead atoms. The first kappa shape index (κ1) is 10.7. The summed E-state index contributed by atoms with van der Waals surface area (Å²) in [6.45, 7) is 4.06. The van der Waals surface area contributed by atoms with Gasteiger partial charge in [0.2, 0.25) is 0 Å². The summed E-state index contributed by atoms with van der Waals surface area (Å²) in [5.74, 6) is 2.20. The average molecular weight is 182 g/mol. The van der Waals surface area contributed by atoms with Crippen LogP contribution in [-0.2, 0) is 4.79 Å². The molecule has 0 saturated heterocycles. The van der Waals surface area contributed by atoms with Gasteiger partial charge in [-0.15, -0.1) is 0 Å². The van der Waals surface area contributed by atoms with Crippen LogP contribution in [0.3, 0.4) is 0 Å². The van der Waals surface area contributed by atoms with Gasteiger partial charge in [0.05, 0.1) is 0 Å². The molecule has 1 saturated carbocycles. The third-order valence-electron chi connectivity index (χ3n) is 3.19. The molecule has 1 aliphatic carbocycles. The fourth-order valence-electron chi connectivity index (χ4n) is 2.46. The lowest BCUT2D eigenvalue weighted by Crippen LogP contribution is -2.13. The van der Waals surface area contributed by atoms with E-state index in [-0.39, 0.29) is 0 Å². The molecule has 0 aromatic carbocycles. The van der Waals surface area contributed by atoms with Crippen molar-refractivity contribution < 1.29 is 4.79 Å². The van der Waals surface area contributed by atoms with Crippen LogP contribution in [0.5, 0.6) is 0 Å². The second kappa shape index (κ2) is 5.41. The second-order valence-corrected chi connectivity index (χ2v) is 4.73. The number of ketones is 1. The molecule has 0 amide bonds. The van der Waals surface area contributed by atoms with Crippen molar-refractivity contribution in [1.82, 2.24) is 0 Å². The molecule has 1 fully saturated rings. The van der Waals surface area contributed by atoms with E-state index in [0.717, 1.165) is 24.7 Å². The van der Waals surface area contributed by atoms with Crippen LogP contribution in [0, 0.1) is 11.8 Å². The van der Waals surface area contributed by atoms with Crippen molar-refractivity contribution in [3.05, 3.63) is 0 Å². The Bertz CT molecular complexity index is 163. The van der Waals surface area contributed by atoms with Crippen molar-refractivity contribution in [2.75, 3.05) is 0 Å². The number of Topliss-reactive ketones (excluding diaryl/α,β-unsaturated/α-hetero) is 1. The zero-order chi connectivity index (χ0) is 9.68. The summed E-state index contributed by atoms with van der Waals surface area (Å²) in [6.07, 6.45) is 8.83. The first-order valence-corrected chi connectivity index (χ1v) is 5.68. The van der Waals surface area contributed by atoms with E-state index in [1.54, 1.807) is 6.92 Å². The summed E-state index contributed by atoms with van der Waals surface area (Å²) >= 11 is 0. The van der Waals surface area contributed by atoms with Crippen LogP contribution in [0.2, 0.25) is 0 Å². The van der Waals surface area contributed by atoms with E-state index < -0.39 is 0 Å². The van der Waals surface area contributed by atoms with Crippen LogP contribution in [0.15, 0.2) is 0 Å². The minimum Gasteiger partial charge on any atom is -0.300 e. The van der Waals surface area contributed by atoms with Gasteiger partial charge in [-0.2, -0.15) is 0 Å². The minimum absolute atomic E-state index is 0.351. The second-order valence-electron chi connectivity index (χ2n) is 4.73. The molecule has 13 heavy (non-hydrogen) atoms. The lowest BCUT2D eigenvalue weighted by molar-refractivity contribution is -0.117. The molecule has 2 unspecified atom stereocenters. The predicted molar refractivity (Wildman–Crippen MR) is 55.7 cm³/mol. The van der Waals surface area contributed by atoms with Crippen molar-refractivity contribution in [3.63, 3.8) is 0 Å². The molecule has 0 heterocycles. The van der Waals surface area contributed by atoms with Crippen molar-refractivity contribution in [2.24, 2.45) is 11.8 Å². The molecular weight excluding hydrogens is 160 g/mol. The largest absolute Gasteiger partial charge is 0.300 e. The Labute approximate surface area is 81.9 Å². The Morgan fingerprint density at radius 3 is 2.77 bits per heavy atom. The van der Waals surface area contributed by atoms with E-state index >= 15 is 0 Å². The molecular formula is C12H22O. The molecule has 76 valence electrons. The van der Waals surface area contributed by atoms with Crippen LogP contribution in [0.25, 0.3) is 0 Å². The zero-order valence-electron chi connectivity index (χ0n) is 9.01. The number of carbonyl (C=O) groups excluding carboxylic acids is 1. The number of hydrogen-bond acceptors (Lipinski definition) is 1. The zero-order valence-corrected chi connectivity index (χ0v) is 9.01. The lowest BCUT2D eigenvalue weighted by Gasteiger charge is -2.26. The molecule has 0 N–H and O–H groups in total. The highest BCUT2D eigenvalue weighted by Crippen LogP contribution is 2.31. The summed E-state index contributed by atoms with van der Waals surface area (Å²) in [5.41, 5.74) is 0. The van der Waals surface area contributed by atoms with Gasteiger partial charge >= 0.3 is 0 Å². The first-order chi connectivity index (χ1) is 6.18. The van der Waals surface area contributed by atoms with Crippen LogP contribution in [-0.4, -0.2) is 5.78 Å². The van der Waals surface area contributed by atoms with Gasteiger partial charge in [0, 0.05) is 6.42 Å². The Morgan fingerprint density at radius 1 is 1.38 bits per heavy atom. The summed E-state index contributed by atoms with van der Waals surface area (Å²) in [5, 5.41) is 0. The standard InChI is InChI=1S/C12H22O/c1-10-5-3-7-12(9-10)8-4-6-11(2)13/h10,12H,3-9H2,1-2H3. The van der Waals surface area contributed by atoms with E-state index in [0.29, 0.717) is 5.78 Å². The highest BCUT2D eigenvalue weighted by atomic mass is 16.1. The minimum atomic E-state index is 0.351. The molecule has 0 radical (unpaired) electrons. The van der Waals surface area contributed by atoms with Gasteiger partial charge in [-0.25, -0.2) is 0 Å². The van der Waals surface area contributed by atoms with E-state index in [1.165, 1.54) is 32.1 Å². The maximum Gasteiger partial charge on any atom is 0.129 e. The molecule has 0 spiro atoms. The fraction of sp³-hybridized carbons (Fsp3) is 0.917. The van der Waals surface area contributed by atoms with Crippen LogP contribution in [0.1, 0.15) is 58.8 Å². The van der Waals surface area contributed by atoms with Crippen molar-refractivity contribution in [2.45, 2.75) is 58.8 Å². The Kier molecular flexibility index (Phi) is 4.47. The fourth-order valence-corrected chi connectivity index (χ4v) is 2.46. The van der Waals surface area contributed by atoms with Crippen molar-refractivity contribution in [3.8, 4) is 0 Å². The summed E-state index contributed by atoms with van der Waals surface area (Å²) in [7, 11) is 0. The lowest BCUT2D eigenvalue weighted by atomic mass is 9.80. The van der Waals surface area contributed by atoms with Crippen LogP contribution in [0.4, 0.5) is 0 Å². The molecule has 0 aromatic heterocycles. The summed E-state index contributed by atoms with van der Waals surface area (Å²) < 4.78 is 0. The van der Waals surface area contributed by atoms with E-state index in [1.807, 2.05) is 0 Å². The van der Waals surface area contributed by atoms with Gasteiger partial charge in [-0.1, -0.05) is 32.6 Å². The van der Waals surface area contributed by atoms with Gasteiger partial charge in [-0.05, 0) is 31.6 Å². The maximum absolute atomic E-state index is 10.7. The van der Waals surface area contributed by atoms with Gasteiger partial charge in [0.25, 0.3) is 0 Å². The number of carbonyl (C=O) groups is 1. The molecule has 1 nitrogen and oxygen atoms in total. The normalized spacial score (nSPS) is 28.8. The first-order valence-electron chi connectivity index (χ1n) is 5.68. The molecule has 1 rings (SSSR count).